The molecule has 5 heteroatoms. The van der Waals surface area contributed by atoms with Crippen molar-refractivity contribution >= 4 is 28.1 Å². The molecule has 2 aromatic heterocycles. The van der Waals surface area contributed by atoms with Crippen molar-refractivity contribution in [3.63, 3.8) is 0 Å². The molecule has 0 aliphatic carbocycles. The van der Waals surface area contributed by atoms with Crippen LogP contribution in [0.15, 0.2) is 29.0 Å². The monoisotopic (exact) mass is 281 g/mol. The first kappa shape index (κ1) is 10.4. The minimum Gasteiger partial charge on any atom is -0.343 e. The van der Waals surface area contributed by atoms with Crippen LogP contribution >= 0.6 is 28.1 Å². The molecule has 2 aromatic rings. The highest BCUT2D eigenvalue weighted by molar-refractivity contribution is 9.10. The van der Waals surface area contributed by atoms with Crippen LogP contribution in [0.2, 0.25) is 0 Å². The number of halogens is 1. The maximum absolute atomic E-state index is 5.06. The third-order valence-electron chi connectivity index (χ3n) is 1.86. The van der Waals surface area contributed by atoms with Crippen LogP contribution in [0, 0.1) is 11.6 Å². The molecule has 76 valence electrons. The molecular weight excluding hydrogens is 274 g/mol. The zero-order valence-corrected chi connectivity index (χ0v) is 10.4. The van der Waals surface area contributed by atoms with Gasteiger partial charge in [0, 0.05) is 28.1 Å². The molecule has 2 rings (SSSR count). The highest BCUT2D eigenvalue weighted by Gasteiger charge is 2.01. The van der Waals surface area contributed by atoms with Crippen molar-refractivity contribution in [1.82, 2.24) is 15.0 Å². The van der Waals surface area contributed by atoms with Gasteiger partial charge in [-0.3, -0.25) is 4.98 Å². The third-order valence-corrected chi connectivity index (χ3v) is 2.50. The SMILES string of the molecule is Cc1cc(=S)nc(-c2cncc(Br)c2)[nH]1. The lowest BCUT2D eigenvalue weighted by molar-refractivity contribution is 1.09. The molecule has 0 aliphatic heterocycles. The average Bonchev–Trinajstić information content (AvgIpc) is 2.16. The van der Waals surface area contributed by atoms with E-state index in [1.807, 2.05) is 19.1 Å². The molecule has 0 bridgehead atoms. The maximum atomic E-state index is 5.06. The van der Waals surface area contributed by atoms with Gasteiger partial charge in [0.15, 0.2) is 0 Å². The van der Waals surface area contributed by atoms with Crippen LogP contribution in [0.1, 0.15) is 5.69 Å². The molecule has 0 spiro atoms. The number of aromatic amines is 1. The molecule has 1 N–H and O–H groups in total. The van der Waals surface area contributed by atoms with Crippen molar-refractivity contribution in [2.75, 3.05) is 0 Å². The van der Waals surface area contributed by atoms with Crippen molar-refractivity contribution in [1.29, 1.82) is 0 Å². The van der Waals surface area contributed by atoms with Crippen LogP contribution in [0.3, 0.4) is 0 Å². The molecule has 0 aromatic carbocycles. The lowest BCUT2D eigenvalue weighted by Crippen LogP contribution is -1.92. The molecule has 0 saturated heterocycles. The van der Waals surface area contributed by atoms with Gasteiger partial charge in [0.25, 0.3) is 0 Å². The standard InChI is InChI=1S/C10H8BrN3S/c1-6-2-9(15)14-10(13-6)7-3-8(11)5-12-4-7/h2-5H,1H3,(H,13,14,15). The minimum absolute atomic E-state index is 0.584. The summed E-state index contributed by atoms with van der Waals surface area (Å²) in [6, 6.07) is 3.77. The van der Waals surface area contributed by atoms with Crippen molar-refractivity contribution < 1.29 is 0 Å². The van der Waals surface area contributed by atoms with E-state index in [0.717, 1.165) is 21.6 Å². The second-order valence-electron chi connectivity index (χ2n) is 3.14. The Morgan fingerprint density at radius 1 is 1.33 bits per heavy atom. The fraction of sp³-hybridized carbons (Fsp3) is 0.100. The molecule has 2 heterocycles. The smallest absolute Gasteiger partial charge is 0.140 e. The van der Waals surface area contributed by atoms with Crippen LogP contribution in [-0.4, -0.2) is 15.0 Å². The van der Waals surface area contributed by atoms with Gasteiger partial charge in [-0.1, -0.05) is 12.2 Å². The number of nitrogens with zero attached hydrogens (tertiary/aromatic N) is 2. The molecule has 0 saturated carbocycles. The first-order valence-corrected chi connectivity index (χ1v) is 5.54. The molecule has 0 unspecified atom stereocenters. The zero-order valence-electron chi connectivity index (χ0n) is 7.99. The second kappa shape index (κ2) is 4.20. The van der Waals surface area contributed by atoms with E-state index in [0.29, 0.717) is 4.64 Å². The van der Waals surface area contributed by atoms with E-state index in [1.54, 1.807) is 12.4 Å². The van der Waals surface area contributed by atoms with Gasteiger partial charge in [-0.05, 0) is 35.0 Å². The number of pyridine rings is 1. The van der Waals surface area contributed by atoms with E-state index in [1.165, 1.54) is 0 Å². The summed E-state index contributed by atoms with van der Waals surface area (Å²) in [6.45, 7) is 1.95. The highest BCUT2D eigenvalue weighted by atomic mass is 79.9. The molecule has 0 fully saturated rings. The number of aromatic nitrogens is 3. The summed E-state index contributed by atoms with van der Waals surface area (Å²) in [6.07, 6.45) is 3.48. The average molecular weight is 282 g/mol. The second-order valence-corrected chi connectivity index (χ2v) is 4.48. The predicted octanol–water partition coefficient (Wildman–Crippen LogP) is 3.27. The fourth-order valence-electron chi connectivity index (χ4n) is 1.26. The van der Waals surface area contributed by atoms with Gasteiger partial charge in [-0.15, -0.1) is 0 Å². The van der Waals surface area contributed by atoms with E-state index in [-0.39, 0.29) is 0 Å². The molecule has 0 amide bonds. The Morgan fingerprint density at radius 3 is 2.80 bits per heavy atom. The van der Waals surface area contributed by atoms with Gasteiger partial charge < -0.3 is 4.98 Å². The van der Waals surface area contributed by atoms with Crippen LogP contribution in [0.25, 0.3) is 11.4 Å². The number of hydrogen-bond donors (Lipinski definition) is 1. The van der Waals surface area contributed by atoms with Crippen LogP contribution in [0.5, 0.6) is 0 Å². The number of H-pyrrole nitrogens is 1. The molecule has 0 radical (unpaired) electrons. The van der Waals surface area contributed by atoms with Gasteiger partial charge in [0.2, 0.25) is 0 Å². The molecule has 15 heavy (non-hydrogen) atoms. The number of hydrogen-bond acceptors (Lipinski definition) is 3. The Kier molecular flexibility index (Phi) is 2.93. The van der Waals surface area contributed by atoms with Gasteiger partial charge in [-0.2, -0.15) is 0 Å². The van der Waals surface area contributed by atoms with Gasteiger partial charge in [-0.25, -0.2) is 4.98 Å². The summed E-state index contributed by atoms with van der Waals surface area (Å²) in [4.78, 5) is 11.5. The lowest BCUT2D eigenvalue weighted by Gasteiger charge is -2.02. The summed E-state index contributed by atoms with van der Waals surface area (Å²) < 4.78 is 1.50. The number of rotatable bonds is 1. The van der Waals surface area contributed by atoms with Crippen molar-refractivity contribution in [3.05, 3.63) is 39.3 Å². The number of aryl methyl sites for hydroxylation is 1. The Labute approximate surface area is 101 Å². The van der Waals surface area contributed by atoms with Crippen LogP contribution in [0.4, 0.5) is 0 Å². The Balaban J connectivity index is 2.59. The third kappa shape index (κ3) is 2.49. The zero-order chi connectivity index (χ0) is 10.8. The topological polar surface area (TPSA) is 41.6 Å². The molecule has 0 aliphatic rings. The normalized spacial score (nSPS) is 10.3. The highest BCUT2D eigenvalue weighted by Crippen LogP contribution is 2.18. The first-order valence-electron chi connectivity index (χ1n) is 4.34. The molecule has 3 nitrogen and oxygen atoms in total. The predicted molar refractivity (Wildman–Crippen MR) is 65.1 cm³/mol. The number of nitrogens with one attached hydrogen (secondary N) is 1. The van der Waals surface area contributed by atoms with E-state index < -0.39 is 0 Å². The Hall–Kier alpha value is -1.07. The van der Waals surface area contributed by atoms with Gasteiger partial charge >= 0.3 is 0 Å². The summed E-state index contributed by atoms with van der Waals surface area (Å²) in [7, 11) is 0. The van der Waals surface area contributed by atoms with E-state index in [2.05, 4.69) is 30.9 Å². The Morgan fingerprint density at radius 2 is 2.13 bits per heavy atom. The lowest BCUT2D eigenvalue weighted by atomic mass is 10.2. The van der Waals surface area contributed by atoms with E-state index in [9.17, 15) is 0 Å². The summed E-state index contributed by atoms with van der Waals surface area (Å²) in [5, 5.41) is 0. The summed E-state index contributed by atoms with van der Waals surface area (Å²) in [5.41, 5.74) is 1.91. The molecular formula is C10H8BrN3S. The van der Waals surface area contributed by atoms with Gasteiger partial charge in [0.1, 0.15) is 10.5 Å². The Bertz CT molecular complexity index is 550. The summed E-state index contributed by atoms with van der Waals surface area (Å²) in [5.74, 6) is 0.744. The van der Waals surface area contributed by atoms with Crippen molar-refractivity contribution in [2.45, 2.75) is 6.92 Å². The van der Waals surface area contributed by atoms with E-state index >= 15 is 0 Å². The maximum Gasteiger partial charge on any atom is 0.140 e. The first-order chi connectivity index (χ1) is 7.15. The summed E-state index contributed by atoms with van der Waals surface area (Å²) >= 11 is 8.42. The van der Waals surface area contributed by atoms with Gasteiger partial charge in [0.05, 0.1) is 0 Å². The molecule has 0 atom stereocenters. The fourth-order valence-corrected chi connectivity index (χ4v) is 1.89. The van der Waals surface area contributed by atoms with Crippen molar-refractivity contribution in [2.24, 2.45) is 0 Å². The minimum atomic E-state index is 0.584. The largest absolute Gasteiger partial charge is 0.343 e. The van der Waals surface area contributed by atoms with E-state index in [4.69, 9.17) is 12.2 Å². The van der Waals surface area contributed by atoms with Crippen LogP contribution in [-0.2, 0) is 0 Å². The van der Waals surface area contributed by atoms with Crippen LogP contribution < -0.4 is 0 Å². The quantitative estimate of drug-likeness (QED) is 0.816. The van der Waals surface area contributed by atoms with Crippen molar-refractivity contribution in [3.8, 4) is 11.4 Å².